The minimum atomic E-state index is -0.387. The van der Waals surface area contributed by atoms with Gasteiger partial charge in [-0.1, -0.05) is 47.2 Å². The Bertz CT molecular complexity index is 818. The van der Waals surface area contributed by atoms with Crippen LogP contribution in [0.1, 0.15) is 20.9 Å². The molecule has 1 amide bonds. The first-order chi connectivity index (χ1) is 11.1. The number of hydrogen-bond donors (Lipinski definition) is 1. The van der Waals surface area contributed by atoms with E-state index in [9.17, 15) is 9.18 Å². The van der Waals surface area contributed by atoms with Gasteiger partial charge in [0, 0.05) is 22.6 Å². The summed E-state index contributed by atoms with van der Waals surface area (Å²) in [6.45, 7) is 0. The van der Waals surface area contributed by atoms with Gasteiger partial charge < -0.3 is 0 Å². The predicted molar refractivity (Wildman–Crippen MR) is 88.5 cm³/mol. The molecular weight excluding hydrogens is 337 g/mol. The van der Waals surface area contributed by atoms with Crippen LogP contribution in [-0.2, 0) is 6.42 Å². The van der Waals surface area contributed by atoms with E-state index in [0.717, 1.165) is 0 Å². The first-order valence-electron chi connectivity index (χ1n) is 6.75. The molecule has 2 aromatic carbocycles. The average molecular weight is 348 g/mol. The first kappa shape index (κ1) is 15.6. The van der Waals surface area contributed by atoms with Gasteiger partial charge in [-0.2, -0.15) is 0 Å². The third-order valence-electron chi connectivity index (χ3n) is 3.11. The molecule has 1 aromatic heterocycles. The van der Waals surface area contributed by atoms with Crippen LogP contribution in [-0.4, -0.2) is 16.1 Å². The van der Waals surface area contributed by atoms with Crippen LogP contribution in [0.15, 0.2) is 48.5 Å². The molecule has 0 aliphatic rings. The molecule has 3 aromatic rings. The molecule has 7 heteroatoms. The van der Waals surface area contributed by atoms with Gasteiger partial charge in [-0.25, -0.2) is 4.39 Å². The molecule has 0 saturated carbocycles. The molecule has 3 rings (SSSR count). The Labute approximate surface area is 141 Å². The highest BCUT2D eigenvalue weighted by Crippen LogP contribution is 2.25. The maximum Gasteiger partial charge on any atom is 0.257 e. The zero-order chi connectivity index (χ0) is 16.2. The van der Waals surface area contributed by atoms with E-state index in [1.807, 2.05) is 6.07 Å². The SMILES string of the molecule is O=C(Nc1nnc(Cc2c(F)cccc2Cl)s1)c1ccccc1. The maximum absolute atomic E-state index is 13.8. The molecule has 0 atom stereocenters. The van der Waals surface area contributed by atoms with Gasteiger partial charge in [-0.3, -0.25) is 10.1 Å². The van der Waals surface area contributed by atoms with Crippen LogP contribution in [0.3, 0.4) is 0 Å². The molecular formula is C16H11ClFN3OS. The lowest BCUT2D eigenvalue weighted by molar-refractivity contribution is 0.102. The molecule has 0 saturated heterocycles. The van der Waals surface area contributed by atoms with Gasteiger partial charge in [0.15, 0.2) is 0 Å². The second-order valence-corrected chi connectivity index (χ2v) is 6.17. The Hall–Kier alpha value is -2.31. The Morgan fingerprint density at radius 3 is 2.65 bits per heavy atom. The van der Waals surface area contributed by atoms with E-state index in [-0.39, 0.29) is 18.1 Å². The number of aromatic nitrogens is 2. The molecule has 1 heterocycles. The molecule has 0 aliphatic heterocycles. The van der Waals surface area contributed by atoms with Gasteiger partial charge in [-0.05, 0) is 24.3 Å². The summed E-state index contributed by atoms with van der Waals surface area (Å²) in [7, 11) is 0. The Kier molecular flexibility index (Phi) is 4.64. The van der Waals surface area contributed by atoms with E-state index < -0.39 is 0 Å². The van der Waals surface area contributed by atoms with Crippen molar-refractivity contribution < 1.29 is 9.18 Å². The summed E-state index contributed by atoms with van der Waals surface area (Å²) >= 11 is 7.19. The van der Waals surface area contributed by atoms with E-state index in [2.05, 4.69) is 15.5 Å². The summed E-state index contributed by atoms with van der Waals surface area (Å²) < 4.78 is 13.8. The predicted octanol–water partition coefficient (Wildman–Crippen LogP) is 4.17. The van der Waals surface area contributed by atoms with Crippen LogP contribution in [0, 0.1) is 5.82 Å². The molecule has 0 bridgehead atoms. The fourth-order valence-electron chi connectivity index (χ4n) is 1.99. The number of carbonyl (C=O) groups excluding carboxylic acids is 1. The van der Waals surface area contributed by atoms with Crippen LogP contribution in [0.4, 0.5) is 9.52 Å². The number of rotatable bonds is 4. The number of carbonyl (C=O) groups is 1. The number of amides is 1. The fraction of sp³-hybridized carbons (Fsp3) is 0.0625. The van der Waals surface area contributed by atoms with E-state index in [0.29, 0.717) is 26.3 Å². The lowest BCUT2D eigenvalue weighted by Crippen LogP contribution is -2.11. The zero-order valence-electron chi connectivity index (χ0n) is 11.8. The summed E-state index contributed by atoms with van der Waals surface area (Å²) in [5.41, 5.74) is 0.896. The van der Waals surface area contributed by atoms with Crippen LogP contribution in [0.5, 0.6) is 0 Å². The van der Waals surface area contributed by atoms with Crippen molar-refractivity contribution in [3.8, 4) is 0 Å². The van der Waals surface area contributed by atoms with Crippen molar-refractivity contribution in [1.82, 2.24) is 10.2 Å². The fourth-order valence-corrected chi connectivity index (χ4v) is 2.96. The third kappa shape index (κ3) is 3.72. The first-order valence-corrected chi connectivity index (χ1v) is 7.94. The lowest BCUT2D eigenvalue weighted by Gasteiger charge is -2.02. The number of nitrogens with zero attached hydrogens (tertiary/aromatic N) is 2. The normalized spacial score (nSPS) is 10.5. The van der Waals surface area contributed by atoms with Crippen LogP contribution in [0.25, 0.3) is 0 Å². The maximum atomic E-state index is 13.8. The summed E-state index contributed by atoms with van der Waals surface area (Å²) in [4.78, 5) is 12.0. The summed E-state index contributed by atoms with van der Waals surface area (Å²) in [6.07, 6.45) is 0.227. The van der Waals surface area contributed by atoms with Crippen LogP contribution >= 0.6 is 22.9 Å². The summed E-state index contributed by atoms with van der Waals surface area (Å²) in [6, 6.07) is 13.3. The summed E-state index contributed by atoms with van der Waals surface area (Å²) in [5, 5.41) is 11.8. The highest BCUT2D eigenvalue weighted by molar-refractivity contribution is 7.15. The van der Waals surface area contributed by atoms with Crippen molar-refractivity contribution >= 4 is 34.0 Å². The minimum absolute atomic E-state index is 0.227. The molecule has 0 fully saturated rings. The Balaban J connectivity index is 1.72. The molecule has 4 nitrogen and oxygen atoms in total. The van der Waals surface area contributed by atoms with E-state index in [4.69, 9.17) is 11.6 Å². The van der Waals surface area contributed by atoms with E-state index in [1.165, 1.54) is 17.4 Å². The van der Waals surface area contributed by atoms with Crippen molar-refractivity contribution in [3.05, 3.63) is 75.5 Å². The molecule has 0 aliphatic carbocycles. The average Bonchev–Trinajstić information content (AvgIpc) is 2.99. The van der Waals surface area contributed by atoms with Crippen molar-refractivity contribution in [2.24, 2.45) is 0 Å². The molecule has 23 heavy (non-hydrogen) atoms. The Morgan fingerprint density at radius 2 is 1.91 bits per heavy atom. The standard InChI is InChI=1S/C16H11ClFN3OS/c17-12-7-4-8-13(18)11(12)9-14-20-21-16(23-14)19-15(22)10-5-2-1-3-6-10/h1-8H,9H2,(H,19,21,22). The quantitative estimate of drug-likeness (QED) is 0.770. The second-order valence-electron chi connectivity index (χ2n) is 4.70. The van der Waals surface area contributed by atoms with Gasteiger partial charge in [0.2, 0.25) is 5.13 Å². The number of benzene rings is 2. The highest BCUT2D eigenvalue weighted by atomic mass is 35.5. The molecule has 0 unspecified atom stereocenters. The monoisotopic (exact) mass is 347 g/mol. The molecule has 1 N–H and O–H groups in total. The molecule has 116 valence electrons. The minimum Gasteiger partial charge on any atom is -0.296 e. The van der Waals surface area contributed by atoms with Crippen molar-refractivity contribution in [3.63, 3.8) is 0 Å². The smallest absolute Gasteiger partial charge is 0.257 e. The molecule has 0 radical (unpaired) electrons. The topological polar surface area (TPSA) is 54.9 Å². The third-order valence-corrected chi connectivity index (χ3v) is 4.31. The molecule has 0 spiro atoms. The highest BCUT2D eigenvalue weighted by Gasteiger charge is 2.13. The van der Waals surface area contributed by atoms with Gasteiger partial charge in [-0.15, -0.1) is 10.2 Å². The van der Waals surface area contributed by atoms with Gasteiger partial charge >= 0.3 is 0 Å². The van der Waals surface area contributed by atoms with E-state index in [1.54, 1.807) is 36.4 Å². The largest absolute Gasteiger partial charge is 0.296 e. The van der Waals surface area contributed by atoms with Crippen molar-refractivity contribution in [2.45, 2.75) is 6.42 Å². The van der Waals surface area contributed by atoms with Crippen LogP contribution in [0.2, 0.25) is 5.02 Å². The van der Waals surface area contributed by atoms with Crippen molar-refractivity contribution in [2.75, 3.05) is 5.32 Å². The van der Waals surface area contributed by atoms with Gasteiger partial charge in [0.25, 0.3) is 5.91 Å². The number of hydrogen-bond acceptors (Lipinski definition) is 4. The number of nitrogens with one attached hydrogen (secondary N) is 1. The van der Waals surface area contributed by atoms with Gasteiger partial charge in [0.1, 0.15) is 10.8 Å². The summed E-state index contributed by atoms with van der Waals surface area (Å²) in [5.74, 6) is -0.653. The second kappa shape index (κ2) is 6.85. The van der Waals surface area contributed by atoms with E-state index >= 15 is 0 Å². The lowest BCUT2D eigenvalue weighted by atomic mass is 10.1. The Morgan fingerprint density at radius 1 is 1.13 bits per heavy atom. The zero-order valence-corrected chi connectivity index (χ0v) is 13.4. The number of anilines is 1. The van der Waals surface area contributed by atoms with Gasteiger partial charge in [0.05, 0.1) is 0 Å². The number of halogens is 2. The van der Waals surface area contributed by atoms with Crippen LogP contribution < -0.4 is 5.32 Å². The van der Waals surface area contributed by atoms with Crippen molar-refractivity contribution in [1.29, 1.82) is 0 Å².